The summed E-state index contributed by atoms with van der Waals surface area (Å²) in [6, 6.07) is 6.43. The number of hydrogen-bond donors (Lipinski definition) is 3. The predicted octanol–water partition coefficient (Wildman–Crippen LogP) is 2.85. The van der Waals surface area contributed by atoms with Gasteiger partial charge in [0.05, 0.1) is 12.3 Å². The number of aliphatic carboxylic acids is 1. The van der Waals surface area contributed by atoms with Gasteiger partial charge in [-0.2, -0.15) is 0 Å². The molecule has 0 aliphatic rings. The van der Waals surface area contributed by atoms with Crippen molar-refractivity contribution < 1.29 is 19.4 Å². The first-order valence-corrected chi connectivity index (χ1v) is 6.97. The molecule has 0 aliphatic heterocycles. The van der Waals surface area contributed by atoms with Gasteiger partial charge in [-0.15, -0.1) is 0 Å². The van der Waals surface area contributed by atoms with Crippen LogP contribution in [-0.4, -0.2) is 29.3 Å². The molecule has 0 spiro atoms. The number of benzene rings is 1. The normalized spacial score (nSPS) is 13.1. The number of urea groups is 1. The van der Waals surface area contributed by atoms with E-state index in [-0.39, 0.29) is 0 Å². The minimum Gasteiger partial charge on any atom is -0.492 e. The summed E-state index contributed by atoms with van der Waals surface area (Å²) in [5, 5.41) is 14.4. The fourth-order valence-electron chi connectivity index (χ4n) is 1.98. The quantitative estimate of drug-likeness (QED) is 0.721. The fraction of sp³-hybridized carbons (Fsp3) is 0.467. The zero-order valence-corrected chi connectivity index (χ0v) is 12.6. The SMILES string of the molecule is CCCC(C)(NC(=O)Nc1ccccc1OCC)C(=O)O. The Balaban J connectivity index is 2.79. The molecule has 3 N–H and O–H groups in total. The Bertz CT molecular complexity index is 504. The highest BCUT2D eigenvalue weighted by atomic mass is 16.5. The molecular weight excluding hydrogens is 272 g/mol. The first kappa shape index (κ1) is 16.8. The Hall–Kier alpha value is -2.24. The van der Waals surface area contributed by atoms with Gasteiger partial charge in [-0.1, -0.05) is 25.5 Å². The van der Waals surface area contributed by atoms with E-state index in [4.69, 9.17) is 4.74 Å². The zero-order valence-electron chi connectivity index (χ0n) is 12.6. The van der Waals surface area contributed by atoms with Crippen LogP contribution in [0.3, 0.4) is 0 Å². The summed E-state index contributed by atoms with van der Waals surface area (Å²) >= 11 is 0. The van der Waals surface area contributed by atoms with Crippen LogP contribution >= 0.6 is 0 Å². The van der Waals surface area contributed by atoms with Gasteiger partial charge in [-0.3, -0.25) is 0 Å². The molecule has 116 valence electrons. The van der Waals surface area contributed by atoms with E-state index >= 15 is 0 Å². The lowest BCUT2D eigenvalue weighted by molar-refractivity contribution is -0.143. The summed E-state index contributed by atoms with van der Waals surface area (Å²) in [7, 11) is 0. The highest BCUT2D eigenvalue weighted by Gasteiger charge is 2.33. The monoisotopic (exact) mass is 294 g/mol. The molecule has 6 heteroatoms. The lowest BCUT2D eigenvalue weighted by Crippen LogP contribution is -2.53. The summed E-state index contributed by atoms with van der Waals surface area (Å²) in [5.41, 5.74) is -0.791. The molecule has 0 saturated carbocycles. The molecule has 0 aromatic heterocycles. The smallest absolute Gasteiger partial charge is 0.329 e. The average molecular weight is 294 g/mol. The number of para-hydroxylation sites is 2. The number of carboxylic acid groups (broad SMARTS) is 1. The number of rotatable bonds is 7. The molecule has 0 saturated heterocycles. The molecule has 2 amide bonds. The van der Waals surface area contributed by atoms with Crippen LogP contribution in [0.25, 0.3) is 0 Å². The molecule has 0 aliphatic carbocycles. The number of carboxylic acids is 1. The summed E-state index contributed by atoms with van der Waals surface area (Å²) in [4.78, 5) is 23.3. The van der Waals surface area contributed by atoms with E-state index in [0.717, 1.165) is 0 Å². The highest BCUT2D eigenvalue weighted by Crippen LogP contribution is 2.23. The van der Waals surface area contributed by atoms with Crippen LogP contribution in [0, 0.1) is 0 Å². The maximum atomic E-state index is 12.0. The molecule has 1 aromatic carbocycles. The molecule has 1 unspecified atom stereocenters. The third kappa shape index (κ3) is 4.66. The van der Waals surface area contributed by atoms with E-state index < -0.39 is 17.5 Å². The van der Waals surface area contributed by atoms with Gasteiger partial charge in [-0.05, 0) is 32.4 Å². The van der Waals surface area contributed by atoms with Gasteiger partial charge in [0.25, 0.3) is 0 Å². The Morgan fingerprint density at radius 1 is 1.29 bits per heavy atom. The number of carbonyl (C=O) groups excluding carboxylic acids is 1. The second-order valence-electron chi connectivity index (χ2n) is 4.90. The first-order valence-electron chi connectivity index (χ1n) is 6.97. The van der Waals surface area contributed by atoms with Crippen LogP contribution in [0.1, 0.15) is 33.6 Å². The van der Waals surface area contributed by atoms with E-state index in [2.05, 4.69) is 10.6 Å². The van der Waals surface area contributed by atoms with Crippen molar-refractivity contribution in [1.82, 2.24) is 5.32 Å². The van der Waals surface area contributed by atoms with Crippen LogP contribution < -0.4 is 15.4 Å². The van der Waals surface area contributed by atoms with Crippen molar-refractivity contribution in [2.45, 2.75) is 39.2 Å². The van der Waals surface area contributed by atoms with Crippen LogP contribution in [0.4, 0.5) is 10.5 Å². The van der Waals surface area contributed by atoms with Crippen molar-refractivity contribution in [3.63, 3.8) is 0 Å². The van der Waals surface area contributed by atoms with Gasteiger partial charge < -0.3 is 20.5 Å². The predicted molar refractivity (Wildman–Crippen MR) is 80.7 cm³/mol. The van der Waals surface area contributed by atoms with E-state index in [9.17, 15) is 14.7 Å². The topological polar surface area (TPSA) is 87.7 Å². The molecule has 0 fully saturated rings. The lowest BCUT2D eigenvalue weighted by atomic mass is 9.97. The van der Waals surface area contributed by atoms with Gasteiger partial charge >= 0.3 is 12.0 Å². The van der Waals surface area contributed by atoms with Crippen LogP contribution in [0.5, 0.6) is 5.75 Å². The molecule has 6 nitrogen and oxygen atoms in total. The van der Waals surface area contributed by atoms with E-state index in [1.807, 2.05) is 13.8 Å². The van der Waals surface area contributed by atoms with Gasteiger partial charge in [0.2, 0.25) is 0 Å². The fourth-order valence-corrected chi connectivity index (χ4v) is 1.98. The van der Waals surface area contributed by atoms with Crippen molar-refractivity contribution in [3.05, 3.63) is 24.3 Å². The summed E-state index contributed by atoms with van der Waals surface area (Å²) in [6.07, 6.45) is 1.00. The molecule has 0 bridgehead atoms. The van der Waals surface area contributed by atoms with Gasteiger partial charge in [0.1, 0.15) is 11.3 Å². The maximum absolute atomic E-state index is 12.0. The number of hydrogen-bond acceptors (Lipinski definition) is 3. The van der Waals surface area contributed by atoms with Crippen LogP contribution in [-0.2, 0) is 4.79 Å². The molecule has 21 heavy (non-hydrogen) atoms. The van der Waals surface area contributed by atoms with E-state index in [0.29, 0.717) is 30.9 Å². The molecular formula is C15H22N2O4. The van der Waals surface area contributed by atoms with Crippen molar-refractivity contribution in [1.29, 1.82) is 0 Å². The minimum atomic E-state index is -1.29. The second-order valence-corrected chi connectivity index (χ2v) is 4.90. The second kappa shape index (κ2) is 7.52. The Labute approximate surface area is 124 Å². The van der Waals surface area contributed by atoms with Crippen molar-refractivity contribution in [2.24, 2.45) is 0 Å². The third-order valence-electron chi connectivity index (χ3n) is 3.05. The first-order chi connectivity index (χ1) is 9.92. The number of nitrogens with one attached hydrogen (secondary N) is 2. The van der Waals surface area contributed by atoms with Gasteiger partial charge in [-0.25, -0.2) is 9.59 Å². The standard InChI is InChI=1S/C15H22N2O4/c1-4-10-15(3,13(18)19)17-14(20)16-11-8-6-7-9-12(11)21-5-2/h6-9H,4-5,10H2,1-3H3,(H,18,19)(H2,16,17,20). The zero-order chi connectivity index (χ0) is 15.9. The summed E-state index contributed by atoms with van der Waals surface area (Å²) < 4.78 is 5.40. The third-order valence-corrected chi connectivity index (χ3v) is 3.05. The Kier molecular flexibility index (Phi) is 6.02. The Morgan fingerprint density at radius 3 is 2.52 bits per heavy atom. The number of ether oxygens (including phenoxy) is 1. The van der Waals surface area contributed by atoms with Crippen LogP contribution in [0.15, 0.2) is 24.3 Å². The molecule has 0 heterocycles. The average Bonchev–Trinajstić information content (AvgIpc) is 2.41. The van der Waals surface area contributed by atoms with Crippen molar-refractivity contribution in [2.75, 3.05) is 11.9 Å². The van der Waals surface area contributed by atoms with Gasteiger partial charge in [0.15, 0.2) is 0 Å². The highest BCUT2D eigenvalue weighted by molar-refractivity contribution is 5.94. The van der Waals surface area contributed by atoms with Crippen molar-refractivity contribution >= 4 is 17.7 Å². The molecule has 1 atom stereocenters. The molecule has 0 radical (unpaired) electrons. The van der Waals surface area contributed by atoms with Crippen LogP contribution in [0.2, 0.25) is 0 Å². The maximum Gasteiger partial charge on any atom is 0.329 e. The van der Waals surface area contributed by atoms with Gasteiger partial charge in [0, 0.05) is 0 Å². The number of carbonyl (C=O) groups is 2. The van der Waals surface area contributed by atoms with E-state index in [1.54, 1.807) is 24.3 Å². The van der Waals surface area contributed by atoms with Crippen molar-refractivity contribution in [3.8, 4) is 5.75 Å². The largest absolute Gasteiger partial charge is 0.492 e. The number of amides is 2. The lowest BCUT2D eigenvalue weighted by Gasteiger charge is -2.26. The molecule has 1 aromatic rings. The summed E-state index contributed by atoms with van der Waals surface area (Å²) in [5.74, 6) is -0.514. The number of anilines is 1. The Morgan fingerprint density at radius 2 is 1.95 bits per heavy atom. The minimum absolute atomic E-state index is 0.350. The summed E-state index contributed by atoms with van der Waals surface area (Å²) in [6.45, 7) is 5.68. The molecule has 1 rings (SSSR count). The van der Waals surface area contributed by atoms with E-state index in [1.165, 1.54) is 6.92 Å².